The zero-order valence-electron chi connectivity index (χ0n) is 17.9. The monoisotopic (exact) mass is 428 g/mol. The van der Waals surface area contributed by atoms with E-state index in [0.717, 1.165) is 44.6 Å². The number of hydrogen-bond acceptors (Lipinski definition) is 6. The lowest BCUT2D eigenvalue weighted by atomic mass is 9.86. The van der Waals surface area contributed by atoms with Crippen LogP contribution in [0.2, 0.25) is 0 Å². The first kappa shape index (κ1) is 20.2. The summed E-state index contributed by atoms with van der Waals surface area (Å²) in [6.45, 7) is 3.72. The smallest absolute Gasteiger partial charge is 0.255 e. The van der Waals surface area contributed by atoms with Gasteiger partial charge in [-0.2, -0.15) is 15.0 Å². The van der Waals surface area contributed by atoms with Crippen molar-refractivity contribution in [3.05, 3.63) is 59.9 Å². The average molecular weight is 428 g/mol. The molecule has 5 rings (SSSR count). The van der Waals surface area contributed by atoms with Gasteiger partial charge in [0.2, 0.25) is 5.88 Å². The zero-order chi connectivity index (χ0) is 22.3. The lowest BCUT2D eigenvalue weighted by Crippen LogP contribution is -2.33. The van der Waals surface area contributed by atoms with Crippen molar-refractivity contribution < 1.29 is 9.90 Å². The van der Waals surface area contributed by atoms with Gasteiger partial charge in [-0.05, 0) is 56.3 Å². The number of carbonyl (C=O) groups is 1. The Balaban J connectivity index is 1.32. The number of pyridine rings is 1. The van der Waals surface area contributed by atoms with Crippen LogP contribution in [0.3, 0.4) is 0 Å². The summed E-state index contributed by atoms with van der Waals surface area (Å²) in [5.74, 6) is 0.376. The summed E-state index contributed by atoms with van der Waals surface area (Å²) in [6.07, 6.45) is 5.30. The molecule has 0 saturated carbocycles. The van der Waals surface area contributed by atoms with E-state index in [-0.39, 0.29) is 17.2 Å². The summed E-state index contributed by atoms with van der Waals surface area (Å²) in [5, 5.41) is 23.9. The lowest BCUT2D eigenvalue weighted by molar-refractivity contribution is 0.0773. The summed E-state index contributed by atoms with van der Waals surface area (Å²) in [5.41, 5.74) is 2.61. The molecule has 1 aromatic carbocycles. The number of aromatic hydroxyl groups is 1. The van der Waals surface area contributed by atoms with Crippen molar-refractivity contribution in [2.75, 3.05) is 33.2 Å². The van der Waals surface area contributed by atoms with Gasteiger partial charge in [-0.1, -0.05) is 12.1 Å². The van der Waals surface area contributed by atoms with E-state index < -0.39 is 0 Å². The van der Waals surface area contributed by atoms with E-state index in [0.29, 0.717) is 22.5 Å². The van der Waals surface area contributed by atoms with Gasteiger partial charge < -0.3 is 14.9 Å². The van der Waals surface area contributed by atoms with Gasteiger partial charge in [0, 0.05) is 31.2 Å². The Morgan fingerprint density at radius 1 is 1.09 bits per heavy atom. The Morgan fingerprint density at radius 2 is 1.88 bits per heavy atom. The lowest BCUT2D eigenvalue weighted by Gasteiger charge is -2.23. The van der Waals surface area contributed by atoms with E-state index in [1.54, 1.807) is 48.8 Å². The second kappa shape index (κ2) is 7.77. The maximum absolute atomic E-state index is 13.0. The summed E-state index contributed by atoms with van der Waals surface area (Å²) in [4.78, 5) is 21.7. The molecule has 1 N–H and O–H groups in total. The molecule has 4 heterocycles. The van der Waals surface area contributed by atoms with E-state index in [9.17, 15) is 9.90 Å². The molecule has 2 fully saturated rings. The standard InChI is InChI=1S/C24H24N6O2/c1-28-10-8-24(15-28)9-11-29(16-24)22(31)19-6-7-21(26-13-19)30-23(32)20(14-27-30)18-4-2-17(12-25)3-5-18/h2-7,13-14,32H,8-11,15-16H2,1H3. The van der Waals surface area contributed by atoms with Gasteiger partial charge in [0.05, 0.1) is 29.0 Å². The number of amides is 1. The third kappa shape index (κ3) is 3.51. The molecular formula is C24H24N6O2. The number of nitriles is 1. The normalized spacial score (nSPS) is 20.7. The number of benzene rings is 1. The maximum atomic E-state index is 13.0. The number of aromatic nitrogens is 3. The molecule has 8 nitrogen and oxygen atoms in total. The first-order chi connectivity index (χ1) is 15.5. The maximum Gasteiger partial charge on any atom is 0.255 e. The molecule has 0 bridgehead atoms. The first-order valence-corrected chi connectivity index (χ1v) is 10.7. The van der Waals surface area contributed by atoms with E-state index in [2.05, 4.69) is 28.1 Å². The Labute approximate surface area is 186 Å². The molecule has 0 aliphatic carbocycles. The van der Waals surface area contributed by atoms with Crippen molar-refractivity contribution in [2.24, 2.45) is 5.41 Å². The minimum atomic E-state index is -0.0480. The summed E-state index contributed by atoms with van der Waals surface area (Å²) < 4.78 is 1.33. The molecule has 3 aromatic rings. The molecule has 1 spiro atoms. The molecule has 8 heteroatoms. The second-order valence-corrected chi connectivity index (χ2v) is 8.85. The predicted octanol–water partition coefficient (Wildman–Crippen LogP) is 2.68. The third-order valence-corrected chi connectivity index (χ3v) is 6.64. The van der Waals surface area contributed by atoms with Crippen LogP contribution in [0.15, 0.2) is 48.8 Å². The quantitative estimate of drug-likeness (QED) is 0.689. The topological polar surface area (TPSA) is 98.3 Å². The van der Waals surface area contributed by atoms with Crippen molar-refractivity contribution in [1.29, 1.82) is 5.26 Å². The van der Waals surface area contributed by atoms with Crippen LogP contribution < -0.4 is 0 Å². The summed E-state index contributed by atoms with van der Waals surface area (Å²) in [6, 6.07) is 12.4. The Kier molecular flexibility index (Phi) is 4.91. The van der Waals surface area contributed by atoms with Crippen molar-refractivity contribution in [1.82, 2.24) is 24.6 Å². The predicted molar refractivity (Wildman–Crippen MR) is 118 cm³/mol. The molecular weight excluding hydrogens is 404 g/mol. The SMILES string of the molecule is CN1CCC2(CCN(C(=O)c3ccc(-n4ncc(-c5ccc(C#N)cc5)c4O)nc3)C2)C1. The summed E-state index contributed by atoms with van der Waals surface area (Å²) >= 11 is 0. The van der Waals surface area contributed by atoms with Crippen molar-refractivity contribution in [3.63, 3.8) is 0 Å². The van der Waals surface area contributed by atoms with Crippen LogP contribution >= 0.6 is 0 Å². The van der Waals surface area contributed by atoms with Gasteiger partial charge in [0.25, 0.3) is 5.91 Å². The van der Waals surface area contributed by atoms with Crippen LogP contribution in [0.4, 0.5) is 0 Å². The molecule has 1 atom stereocenters. The zero-order valence-corrected chi connectivity index (χ0v) is 17.9. The fraction of sp³-hybridized carbons (Fsp3) is 0.333. The fourth-order valence-electron chi connectivity index (χ4n) is 4.86. The van der Waals surface area contributed by atoms with E-state index in [1.165, 1.54) is 4.68 Å². The van der Waals surface area contributed by atoms with Crippen LogP contribution in [0.25, 0.3) is 16.9 Å². The van der Waals surface area contributed by atoms with Crippen molar-refractivity contribution in [3.8, 4) is 28.9 Å². The molecule has 32 heavy (non-hydrogen) atoms. The highest BCUT2D eigenvalue weighted by atomic mass is 16.3. The van der Waals surface area contributed by atoms with Gasteiger partial charge in [0.1, 0.15) is 0 Å². The highest BCUT2D eigenvalue weighted by molar-refractivity contribution is 5.94. The van der Waals surface area contributed by atoms with Crippen LogP contribution in [0.1, 0.15) is 28.8 Å². The van der Waals surface area contributed by atoms with Gasteiger partial charge in [0.15, 0.2) is 5.82 Å². The number of carbonyl (C=O) groups excluding carboxylic acids is 1. The fourth-order valence-corrected chi connectivity index (χ4v) is 4.86. The van der Waals surface area contributed by atoms with Crippen molar-refractivity contribution in [2.45, 2.75) is 12.8 Å². The number of nitrogens with zero attached hydrogens (tertiary/aromatic N) is 6. The van der Waals surface area contributed by atoms with Gasteiger partial charge in [-0.15, -0.1) is 0 Å². The molecule has 162 valence electrons. The number of rotatable bonds is 3. The Morgan fingerprint density at radius 3 is 2.53 bits per heavy atom. The molecule has 1 amide bonds. The highest BCUT2D eigenvalue weighted by Gasteiger charge is 2.43. The number of likely N-dealkylation sites (tertiary alicyclic amines) is 2. The second-order valence-electron chi connectivity index (χ2n) is 8.85. The van der Waals surface area contributed by atoms with E-state index in [1.807, 2.05) is 4.90 Å². The first-order valence-electron chi connectivity index (χ1n) is 10.7. The van der Waals surface area contributed by atoms with Crippen LogP contribution in [0.5, 0.6) is 5.88 Å². The molecule has 2 saturated heterocycles. The molecule has 1 unspecified atom stereocenters. The third-order valence-electron chi connectivity index (χ3n) is 6.64. The van der Waals surface area contributed by atoms with E-state index in [4.69, 9.17) is 5.26 Å². The van der Waals surface area contributed by atoms with Gasteiger partial charge in [-0.3, -0.25) is 4.79 Å². The Bertz CT molecular complexity index is 1190. The largest absolute Gasteiger partial charge is 0.493 e. The van der Waals surface area contributed by atoms with Crippen molar-refractivity contribution >= 4 is 5.91 Å². The van der Waals surface area contributed by atoms with Crippen LogP contribution in [-0.2, 0) is 0 Å². The minimum absolute atomic E-state index is 0.00145. The van der Waals surface area contributed by atoms with Gasteiger partial charge >= 0.3 is 0 Å². The molecule has 0 radical (unpaired) electrons. The summed E-state index contributed by atoms with van der Waals surface area (Å²) in [7, 11) is 2.14. The molecule has 2 aliphatic heterocycles. The van der Waals surface area contributed by atoms with Crippen LogP contribution in [0, 0.1) is 16.7 Å². The highest BCUT2D eigenvalue weighted by Crippen LogP contribution is 2.39. The number of hydrogen-bond donors (Lipinski definition) is 1. The minimum Gasteiger partial charge on any atom is -0.493 e. The van der Waals surface area contributed by atoms with Gasteiger partial charge in [-0.25, -0.2) is 4.98 Å². The van der Waals surface area contributed by atoms with E-state index >= 15 is 0 Å². The average Bonchev–Trinajstić information content (AvgIpc) is 3.52. The van der Waals surface area contributed by atoms with Crippen LogP contribution in [-0.4, -0.2) is 68.8 Å². The molecule has 2 aromatic heterocycles. The molecule has 2 aliphatic rings. The Hall–Kier alpha value is -3.70.